The Bertz CT molecular complexity index is 476. The quantitative estimate of drug-likeness (QED) is 0.903. The maximum Gasteiger partial charge on any atom is 0.101 e. The summed E-state index contributed by atoms with van der Waals surface area (Å²) in [7, 11) is -0.686. The molecule has 0 aliphatic carbocycles. The van der Waals surface area contributed by atoms with E-state index in [-0.39, 0.29) is 0 Å². The summed E-state index contributed by atoms with van der Waals surface area (Å²) in [5, 5.41) is 11.0. The molecule has 6 heteroatoms. The van der Waals surface area contributed by atoms with Gasteiger partial charge in [0.05, 0.1) is 11.3 Å². The number of nitrogens with one attached hydrogen (secondary N) is 1. The van der Waals surface area contributed by atoms with E-state index < -0.39 is 10.8 Å². The van der Waals surface area contributed by atoms with Gasteiger partial charge in [-0.15, -0.1) is 0 Å². The molecule has 1 aliphatic rings. The Labute approximate surface area is 111 Å². The van der Waals surface area contributed by atoms with Crippen LogP contribution >= 0.6 is 15.9 Å². The normalized spacial score (nSPS) is 17.6. The van der Waals surface area contributed by atoms with E-state index in [1.165, 1.54) is 0 Å². The van der Waals surface area contributed by atoms with Gasteiger partial charge in [-0.3, -0.25) is 4.21 Å². The highest BCUT2D eigenvalue weighted by Crippen LogP contribution is 2.21. The molecule has 1 saturated heterocycles. The number of rotatable bonds is 2. The van der Waals surface area contributed by atoms with E-state index in [2.05, 4.69) is 27.4 Å². The number of hydrogen-bond acceptors (Lipinski definition) is 4. The van der Waals surface area contributed by atoms with Gasteiger partial charge in [-0.1, -0.05) is 15.9 Å². The predicted molar refractivity (Wildman–Crippen MR) is 71.9 cm³/mol. The second kappa shape index (κ2) is 5.63. The minimum Gasteiger partial charge on any atom is -0.317 e. The average Bonchev–Trinajstić information content (AvgIpc) is 2.32. The molecule has 0 bridgehead atoms. The number of benzene rings is 1. The summed E-state index contributed by atoms with van der Waals surface area (Å²) < 4.78 is 12.2. The van der Waals surface area contributed by atoms with Gasteiger partial charge in [-0.05, 0) is 18.2 Å². The largest absolute Gasteiger partial charge is 0.317 e. The van der Waals surface area contributed by atoms with Crippen LogP contribution in [-0.4, -0.2) is 33.8 Å². The first-order valence-electron chi connectivity index (χ1n) is 5.25. The lowest BCUT2D eigenvalue weighted by Crippen LogP contribution is -2.41. The Kier molecular flexibility index (Phi) is 4.15. The molecule has 4 nitrogen and oxygen atoms in total. The van der Waals surface area contributed by atoms with Crippen molar-refractivity contribution in [3.8, 4) is 6.07 Å². The van der Waals surface area contributed by atoms with Gasteiger partial charge in [0.2, 0.25) is 0 Å². The standard InChI is InChI=1S/C11H12BrN3OS/c12-10-2-1-9(8-13)11(7-10)14-15-3-5-17(16)6-4-15/h1-2,7,14H,3-6H2. The molecule has 1 fully saturated rings. The van der Waals surface area contributed by atoms with Crippen LogP contribution in [0.5, 0.6) is 0 Å². The van der Waals surface area contributed by atoms with Gasteiger partial charge in [0.15, 0.2) is 0 Å². The molecular weight excluding hydrogens is 302 g/mol. The summed E-state index contributed by atoms with van der Waals surface area (Å²) in [6.45, 7) is 1.48. The Balaban J connectivity index is 2.10. The smallest absolute Gasteiger partial charge is 0.101 e. The summed E-state index contributed by atoms with van der Waals surface area (Å²) in [5.41, 5.74) is 4.61. The zero-order valence-electron chi connectivity index (χ0n) is 9.15. The van der Waals surface area contributed by atoms with E-state index in [0.29, 0.717) is 17.1 Å². The topological polar surface area (TPSA) is 56.1 Å². The third-order valence-corrected chi connectivity index (χ3v) is 4.33. The Morgan fingerprint density at radius 2 is 2.12 bits per heavy atom. The average molecular weight is 314 g/mol. The minimum absolute atomic E-state index is 0.611. The molecule has 17 heavy (non-hydrogen) atoms. The highest BCUT2D eigenvalue weighted by atomic mass is 79.9. The van der Waals surface area contributed by atoms with Crippen molar-refractivity contribution in [3.63, 3.8) is 0 Å². The monoisotopic (exact) mass is 313 g/mol. The maximum atomic E-state index is 11.2. The zero-order valence-corrected chi connectivity index (χ0v) is 11.6. The van der Waals surface area contributed by atoms with Crippen LogP contribution in [0.4, 0.5) is 5.69 Å². The second-order valence-electron chi connectivity index (χ2n) is 3.75. The van der Waals surface area contributed by atoms with Crippen LogP contribution in [0.15, 0.2) is 22.7 Å². The van der Waals surface area contributed by atoms with Gasteiger partial charge in [0, 0.05) is 39.9 Å². The van der Waals surface area contributed by atoms with Crippen LogP contribution in [0.1, 0.15) is 5.56 Å². The summed E-state index contributed by atoms with van der Waals surface area (Å²) >= 11 is 3.38. The van der Waals surface area contributed by atoms with E-state index in [1.54, 1.807) is 6.07 Å². The Morgan fingerprint density at radius 1 is 1.41 bits per heavy atom. The SMILES string of the molecule is N#Cc1ccc(Br)cc1NN1CCS(=O)CC1. The first-order valence-corrected chi connectivity index (χ1v) is 7.53. The number of nitriles is 1. The van der Waals surface area contributed by atoms with E-state index >= 15 is 0 Å². The third kappa shape index (κ3) is 3.28. The van der Waals surface area contributed by atoms with Crippen molar-refractivity contribution in [2.24, 2.45) is 0 Å². The Hall–Kier alpha value is -0.900. The lowest BCUT2D eigenvalue weighted by molar-refractivity contribution is 0.361. The fourth-order valence-electron chi connectivity index (χ4n) is 1.63. The number of halogens is 1. The van der Waals surface area contributed by atoms with E-state index in [1.807, 2.05) is 17.1 Å². The molecule has 0 atom stereocenters. The number of hydrazine groups is 1. The van der Waals surface area contributed by atoms with Crippen LogP contribution in [0.2, 0.25) is 0 Å². The highest BCUT2D eigenvalue weighted by molar-refractivity contribution is 9.10. The van der Waals surface area contributed by atoms with Gasteiger partial charge >= 0.3 is 0 Å². The van der Waals surface area contributed by atoms with E-state index in [4.69, 9.17) is 5.26 Å². The molecule has 2 rings (SSSR count). The van der Waals surface area contributed by atoms with Crippen molar-refractivity contribution in [3.05, 3.63) is 28.2 Å². The molecule has 1 aromatic rings. The van der Waals surface area contributed by atoms with Gasteiger partial charge in [0.1, 0.15) is 6.07 Å². The summed E-state index contributed by atoms with van der Waals surface area (Å²) in [5.74, 6) is 1.37. The second-order valence-corrected chi connectivity index (χ2v) is 6.36. The van der Waals surface area contributed by atoms with Gasteiger partial charge < -0.3 is 5.43 Å². The first-order chi connectivity index (χ1) is 8.19. The van der Waals surface area contributed by atoms with Crippen molar-refractivity contribution in [1.82, 2.24) is 5.01 Å². The summed E-state index contributed by atoms with van der Waals surface area (Å²) in [4.78, 5) is 0. The van der Waals surface area contributed by atoms with Crippen LogP contribution in [0, 0.1) is 11.3 Å². The van der Waals surface area contributed by atoms with Crippen LogP contribution in [0.25, 0.3) is 0 Å². The molecule has 0 saturated carbocycles. The maximum absolute atomic E-state index is 11.2. The fourth-order valence-corrected chi connectivity index (χ4v) is 3.04. The molecule has 1 aromatic carbocycles. The molecule has 0 amide bonds. The predicted octanol–water partition coefficient (Wildman–Crippen LogP) is 1.71. The van der Waals surface area contributed by atoms with Crippen LogP contribution in [0.3, 0.4) is 0 Å². The van der Waals surface area contributed by atoms with Gasteiger partial charge in [0.25, 0.3) is 0 Å². The molecule has 0 radical (unpaired) electrons. The molecule has 1 heterocycles. The number of nitrogens with zero attached hydrogens (tertiary/aromatic N) is 2. The van der Waals surface area contributed by atoms with Gasteiger partial charge in [-0.2, -0.15) is 5.26 Å². The zero-order chi connectivity index (χ0) is 12.3. The van der Waals surface area contributed by atoms with Crippen molar-refractivity contribution >= 4 is 32.4 Å². The van der Waals surface area contributed by atoms with Crippen molar-refractivity contribution in [2.45, 2.75) is 0 Å². The van der Waals surface area contributed by atoms with Gasteiger partial charge in [-0.25, -0.2) is 5.01 Å². The van der Waals surface area contributed by atoms with Crippen molar-refractivity contribution in [1.29, 1.82) is 5.26 Å². The Morgan fingerprint density at radius 3 is 2.76 bits per heavy atom. The molecule has 1 N–H and O–H groups in total. The molecule has 0 spiro atoms. The van der Waals surface area contributed by atoms with Crippen molar-refractivity contribution < 1.29 is 4.21 Å². The minimum atomic E-state index is -0.686. The molecule has 90 valence electrons. The van der Waals surface area contributed by atoms with E-state index in [9.17, 15) is 4.21 Å². The fraction of sp³-hybridized carbons (Fsp3) is 0.364. The highest BCUT2D eigenvalue weighted by Gasteiger charge is 2.15. The van der Waals surface area contributed by atoms with Crippen LogP contribution < -0.4 is 5.43 Å². The molecule has 1 aliphatic heterocycles. The van der Waals surface area contributed by atoms with Crippen LogP contribution in [-0.2, 0) is 10.8 Å². The van der Waals surface area contributed by atoms with E-state index in [0.717, 1.165) is 23.2 Å². The van der Waals surface area contributed by atoms with Crippen molar-refractivity contribution in [2.75, 3.05) is 30.0 Å². The lowest BCUT2D eigenvalue weighted by atomic mass is 10.2. The molecule has 0 aromatic heterocycles. The molecular formula is C11H12BrN3OS. The first kappa shape index (κ1) is 12.6. The summed E-state index contributed by atoms with van der Waals surface area (Å²) in [6.07, 6.45) is 0. The third-order valence-electron chi connectivity index (χ3n) is 2.56. The number of anilines is 1. The number of hydrogen-bond donors (Lipinski definition) is 1. The lowest BCUT2D eigenvalue weighted by Gasteiger charge is -2.27. The summed E-state index contributed by atoms with van der Waals surface area (Å²) in [6, 6.07) is 7.64. The molecule has 0 unspecified atom stereocenters.